The minimum Gasteiger partial charge on any atom is -0.494 e. The van der Waals surface area contributed by atoms with Crippen molar-refractivity contribution in [3.63, 3.8) is 0 Å². The Morgan fingerprint density at radius 1 is 0.846 bits per heavy atom. The van der Waals surface area contributed by atoms with E-state index in [4.69, 9.17) is 18.9 Å². The van der Waals surface area contributed by atoms with Crippen molar-refractivity contribution in [3.8, 4) is 0 Å². The Hall–Kier alpha value is -1.38. The monoisotopic (exact) mass is 368 g/mol. The van der Waals surface area contributed by atoms with Gasteiger partial charge in [-0.1, -0.05) is 12.2 Å². The van der Waals surface area contributed by atoms with Crippen LogP contribution in [0.2, 0.25) is 0 Å². The van der Waals surface area contributed by atoms with E-state index in [9.17, 15) is 5.11 Å². The zero-order chi connectivity index (χ0) is 18.3. The van der Waals surface area contributed by atoms with Crippen molar-refractivity contribution < 1.29 is 24.1 Å². The van der Waals surface area contributed by atoms with Gasteiger partial charge in [0.15, 0.2) is 5.88 Å². The van der Waals surface area contributed by atoms with Crippen LogP contribution in [0.5, 0.6) is 0 Å². The van der Waals surface area contributed by atoms with E-state index in [1.54, 1.807) is 0 Å². The van der Waals surface area contributed by atoms with Crippen LogP contribution in [0.15, 0.2) is 35.8 Å². The maximum Gasteiger partial charge on any atom is 0.191 e. The molecule has 1 fully saturated rings. The first-order valence-corrected chi connectivity index (χ1v) is 9.41. The number of ether oxygens (including phenoxy) is 4. The summed E-state index contributed by atoms with van der Waals surface area (Å²) in [5.74, 6) is 0.235. The normalized spacial score (nSPS) is 21.3. The lowest BCUT2D eigenvalue weighted by Crippen LogP contribution is -2.34. The molecular weight excluding hydrogens is 336 g/mol. The molecule has 0 bridgehead atoms. The van der Waals surface area contributed by atoms with Crippen LogP contribution in [-0.2, 0) is 18.9 Å². The summed E-state index contributed by atoms with van der Waals surface area (Å²) in [7, 11) is 0. The molecule has 1 heterocycles. The lowest BCUT2D eigenvalue weighted by Gasteiger charge is -2.22. The minimum atomic E-state index is 0.235. The Morgan fingerprint density at radius 2 is 1.35 bits per heavy atom. The first-order chi connectivity index (χ1) is 12.9. The third-order valence-corrected chi connectivity index (χ3v) is 4.10. The molecule has 0 aromatic carbocycles. The second-order valence-electron chi connectivity index (χ2n) is 6.09. The fraction of sp³-hybridized carbons (Fsp3) is 0.684. The predicted octanol–water partition coefficient (Wildman–Crippen LogP) is 1.24. The van der Waals surface area contributed by atoms with Crippen molar-refractivity contribution >= 4 is 0 Å². The number of hydrogen-bond donors (Lipinski definition) is 2. The van der Waals surface area contributed by atoms with Gasteiger partial charge in [-0.2, -0.15) is 0 Å². The van der Waals surface area contributed by atoms with E-state index in [2.05, 4.69) is 10.2 Å². The Labute approximate surface area is 156 Å². The summed E-state index contributed by atoms with van der Waals surface area (Å²) in [6, 6.07) is 0. The topological polar surface area (TPSA) is 72.4 Å². The highest BCUT2D eigenvalue weighted by molar-refractivity contribution is 5.41. The van der Waals surface area contributed by atoms with E-state index in [0.717, 1.165) is 38.2 Å². The van der Waals surface area contributed by atoms with Crippen molar-refractivity contribution in [1.29, 1.82) is 0 Å². The molecule has 0 unspecified atom stereocenters. The van der Waals surface area contributed by atoms with E-state index in [-0.39, 0.29) is 5.88 Å². The summed E-state index contributed by atoms with van der Waals surface area (Å²) in [6.45, 7) is 8.31. The fourth-order valence-electron chi connectivity index (χ4n) is 2.63. The third-order valence-electron chi connectivity index (χ3n) is 4.10. The summed E-state index contributed by atoms with van der Waals surface area (Å²) in [4.78, 5) is 2.32. The van der Waals surface area contributed by atoms with E-state index in [0.29, 0.717) is 52.9 Å². The molecule has 7 nitrogen and oxygen atoms in total. The van der Waals surface area contributed by atoms with Crippen LogP contribution in [0.3, 0.4) is 0 Å². The van der Waals surface area contributed by atoms with Gasteiger partial charge in [0.2, 0.25) is 0 Å². The fourth-order valence-corrected chi connectivity index (χ4v) is 2.63. The number of hydrogen-bond acceptors (Lipinski definition) is 7. The summed E-state index contributed by atoms with van der Waals surface area (Å²) in [5.41, 5.74) is 0.824. The molecule has 0 radical (unpaired) electrons. The molecule has 1 saturated heterocycles. The molecule has 2 aliphatic rings. The van der Waals surface area contributed by atoms with Crippen molar-refractivity contribution in [2.75, 3.05) is 79.0 Å². The van der Waals surface area contributed by atoms with Crippen molar-refractivity contribution in [1.82, 2.24) is 10.2 Å². The summed E-state index contributed by atoms with van der Waals surface area (Å²) in [6.07, 6.45) is 8.51. The number of nitrogens with one attached hydrogen (secondary N) is 1. The first kappa shape index (κ1) is 20.9. The van der Waals surface area contributed by atoms with Crippen LogP contribution in [-0.4, -0.2) is 89.0 Å². The van der Waals surface area contributed by atoms with E-state index in [1.165, 1.54) is 0 Å². The summed E-state index contributed by atoms with van der Waals surface area (Å²) < 4.78 is 22.1. The van der Waals surface area contributed by atoms with Crippen molar-refractivity contribution in [2.45, 2.75) is 6.42 Å². The highest BCUT2D eigenvalue weighted by Crippen LogP contribution is 2.09. The summed E-state index contributed by atoms with van der Waals surface area (Å²) in [5, 5.41) is 13.0. The standard InChI is InChI=1S/C19H32N2O5/c22-19(18-4-1-2-5-18)20-6-3-7-21-8-10-23-12-14-25-16-17-26-15-13-24-11-9-21/h1-2,4-5,20,22H,3,6-17H2. The van der Waals surface area contributed by atoms with Crippen molar-refractivity contribution in [2.24, 2.45) is 0 Å². The zero-order valence-corrected chi connectivity index (χ0v) is 15.5. The van der Waals surface area contributed by atoms with Gasteiger partial charge in [0.25, 0.3) is 0 Å². The largest absolute Gasteiger partial charge is 0.494 e. The lowest BCUT2D eigenvalue weighted by molar-refractivity contribution is 0.00206. The molecule has 0 aromatic rings. The maximum atomic E-state index is 9.96. The van der Waals surface area contributed by atoms with Gasteiger partial charge in [-0.3, -0.25) is 4.90 Å². The summed E-state index contributed by atoms with van der Waals surface area (Å²) >= 11 is 0. The quantitative estimate of drug-likeness (QED) is 0.559. The van der Waals surface area contributed by atoms with Gasteiger partial charge in [0, 0.05) is 25.2 Å². The molecule has 0 spiro atoms. The minimum absolute atomic E-state index is 0.235. The Morgan fingerprint density at radius 3 is 1.88 bits per heavy atom. The second kappa shape index (κ2) is 13.8. The molecule has 26 heavy (non-hydrogen) atoms. The Kier molecular flexibility index (Phi) is 11.1. The molecule has 148 valence electrons. The number of allylic oxidation sites excluding steroid dienone is 5. The van der Waals surface area contributed by atoms with Gasteiger partial charge < -0.3 is 29.4 Å². The Balaban J connectivity index is 1.65. The highest BCUT2D eigenvalue weighted by Gasteiger charge is 2.07. The van der Waals surface area contributed by atoms with Crippen molar-refractivity contribution in [3.05, 3.63) is 35.8 Å². The van der Waals surface area contributed by atoms with E-state index < -0.39 is 0 Å². The molecule has 2 N–H and O–H groups in total. The van der Waals surface area contributed by atoms with Crippen LogP contribution in [0.25, 0.3) is 0 Å². The van der Waals surface area contributed by atoms with E-state index >= 15 is 0 Å². The molecule has 0 atom stereocenters. The average molecular weight is 368 g/mol. The average Bonchev–Trinajstić information content (AvgIpc) is 3.18. The molecular formula is C19H32N2O5. The number of rotatable bonds is 5. The van der Waals surface area contributed by atoms with Gasteiger partial charge in [0.05, 0.1) is 52.9 Å². The molecule has 0 saturated carbocycles. The number of aliphatic hydroxyl groups excluding tert-OH is 1. The molecule has 0 aromatic heterocycles. The predicted molar refractivity (Wildman–Crippen MR) is 100 cm³/mol. The number of nitrogens with zero attached hydrogens (tertiary/aromatic N) is 1. The Bertz CT molecular complexity index is 435. The molecule has 1 aliphatic carbocycles. The second-order valence-corrected chi connectivity index (χ2v) is 6.09. The maximum absolute atomic E-state index is 9.96. The molecule has 2 rings (SSSR count). The van der Waals surface area contributed by atoms with Gasteiger partial charge in [0.1, 0.15) is 0 Å². The molecule has 1 aliphatic heterocycles. The van der Waals surface area contributed by atoms with Gasteiger partial charge >= 0.3 is 0 Å². The SMILES string of the molecule is OC(NCCCN1CCOCCOCCOCCOCC1)=C1C=CC=C1. The van der Waals surface area contributed by atoms with Crippen LogP contribution in [0, 0.1) is 0 Å². The van der Waals surface area contributed by atoms with Crippen LogP contribution in [0.1, 0.15) is 6.42 Å². The van der Waals surface area contributed by atoms with E-state index in [1.807, 2.05) is 24.3 Å². The van der Waals surface area contributed by atoms with Crippen LogP contribution < -0.4 is 5.32 Å². The smallest absolute Gasteiger partial charge is 0.191 e. The van der Waals surface area contributed by atoms with Crippen LogP contribution >= 0.6 is 0 Å². The van der Waals surface area contributed by atoms with Gasteiger partial charge in [-0.25, -0.2) is 0 Å². The molecule has 7 heteroatoms. The van der Waals surface area contributed by atoms with Gasteiger partial charge in [-0.15, -0.1) is 0 Å². The number of aliphatic hydroxyl groups is 1. The lowest BCUT2D eigenvalue weighted by atomic mass is 10.3. The third kappa shape index (κ3) is 9.35. The first-order valence-electron chi connectivity index (χ1n) is 9.41. The highest BCUT2D eigenvalue weighted by atomic mass is 16.6. The van der Waals surface area contributed by atoms with Gasteiger partial charge in [-0.05, 0) is 25.1 Å². The zero-order valence-electron chi connectivity index (χ0n) is 15.5. The molecule has 0 amide bonds. The van der Waals surface area contributed by atoms with Crippen LogP contribution in [0.4, 0.5) is 0 Å².